The van der Waals surface area contributed by atoms with E-state index in [9.17, 15) is 14.3 Å². The third kappa shape index (κ3) is 2.91. The fourth-order valence-corrected chi connectivity index (χ4v) is 4.10. The lowest BCUT2D eigenvalue weighted by molar-refractivity contribution is 0.0764. The largest absolute Gasteiger partial charge is 0.452 e. The number of fused-ring (bicyclic) bond motifs is 2. The maximum absolute atomic E-state index is 15.0. The molecule has 1 amide bonds. The summed E-state index contributed by atoms with van der Waals surface area (Å²) in [5.74, 6) is -0.0893. The normalized spacial score (nSPS) is 16.7. The first-order chi connectivity index (χ1) is 14.4. The molecular weight excluding hydrogens is 387 g/mol. The minimum absolute atomic E-state index is 0.103. The number of carbonyl (C=O) groups excluding carboxylic acids is 1. The molecule has 1 atom stereocenters. The molecule has 0 saturated carbocycles. The summed E-state index contributed by atoms with van der Waals surface area (Å²) in [5, 5.41) is 14.5. The van der Waals surface area contributed by atoms with Crippen LogP contribution in [0.5, 0.6) is 11.5 Å². The van der Waals surface area contributed by atoms with Crippen molar-refractivity contribution in [3.8, 4) is 11.5 Å². The molecule has 1 saturated heterocycles. The fraction of sp³-hybridized carbons (Fsp3) is 0.273. The summed E-state index contributed by atoms with van der Waals surface area (Å²) in [6.45, 7) is 4.53. The van der Waals surface area contributed by atoms with Crippen LogP contribution < -0.4 is 4.74 Å². The molecule has 1 aliphatic heterocycles. The van der Waals surface area contributed by atoms with Crippen LogP contribution in [-0.4, -0.2) is 49.7 Å². The second-order valence-electron chi connectivity index (χ2n) is 7.74. The van der Waals surface area contributed by atoms with Crippen molar-refractivity contribution in [2.45, 2.75) is 26.4 Å². The van der Waals surface area contributed by atoms with Crippen molar-refractivity contribution in [2.24, 2.45) is 0 Å². The van der Waals surface area contributed by atoms with Gasteiger partial charge in [-0.25, -0.2) is 8.91 Å². The van der Waals surface area contributed by atoms with E-state index in [-0.39, 0.29) is 11.7 Å². The van der Waals surface area contributed by atoms with E-state index in [1.165, 1.54) is 0 Å². The molecule has 1 fully saturated rings. The van der Waals surface area contributed by atoms with Crippen LogP contribution in [-0.2, 0) is 0 Å². The molecule has 5 rings (SSSR count). The number of H-pyrrole nitrogens is 1. The molecule has 30 heavy (non-hydrogen) atoms. The van der Waals surface area contributed by atoms with Gasteiger partial charge in [0.05, 0.1) is 17.9 Å². The van der Waals surface area contributed by atoms with E-state index in [4.69, 9.17) is 4.74 Å². The van der Waals surface area contributed by atoms with Crippen molar-refractivity contribution in [3.05, 3.63) is 59.3 Å². The molecular formula is C22H21FN4O3. The Labute approximate surface area is 171 Å². The maximum Gasteiger partial charge on any atom is 0.255 e. The molecule has 0 bridgehead atoms. The highest BCUT2D eigenvalue weighted by Gasteiger charge is 2.28. The van der Waals surface area contributed by atoms with Crippen LogP contribution in [0.15, 0.2) is 36.7 Å². The van der Waals surface area contributed by atoms with Crippen LogP contribution in [0.1, 0.15) is 28.0 Å². The molecule has 0 radical (unpaired) electrons. The van der Waals surface area contributed by atoms with Crippen molar-refractivity contribution in [2.75, 3.05) is 13.1 Å². The topological polar surface area (TPSA) is 82.9 Å². The predicted octanol–water partition coefficient (Wildman–Crippen LogP) is 3.57. The SMILES string of the molecule is Cc1cc2c(F)c(Oc3ccnn4cc(C(=O)N5CC[C@H](O)C5)c(C)c34)ccc2[nH]1. The van der Waals surface area contributed by atoms with Gasteiger partial charge < -0.3 is 19.7 Å². The summed E-state index contributed by atoms with van der Waals surface area (Å²) in [6, 6.07) is 6.75. The van der Waals surface area contributed by atoms with Crippen LogP contribution in [0, 0.1) is 19.7 Å². The molecule has 2 N–H and O–H groups in total. The van der Waals surface area contributed by atoms with Crippen molar-refractivity contribution in [1.29, 1.82) is 0 Å². The molecule has 7 nitrogen and oxygen atoms in total. The van der Waals surface area contributed by atoms with E-state index in [1.54, 1.807) is 46.1 Å². The highest BCUT2D eigenvalue weighted by molar-refractivity contribution is 5.98. The number of ether oxygens (including phenoxy) is 1. The zero-order valence-corrected chi connectivity index (χ0v) is 16.6. The standard InChI is InChI=1S/C22H21FN4O3/c1-12-9-15-17(25-12)3-4-18(20(15)23)30-19-5-7-24-27-11-16(13(2)21(19)27)22(29)26-8-6-14(28)10-26/h3-5,7,9,11,14,25,28H,6,8,10H2,1-2H3/t14-/m0/s1. The van der Waals surface area contributed by atoms with Gasteiger partial charge in [-0.15, -0.1) is 0 Å². The van der Waals surface area contributed by atoms with Gasteiger partial charge in [0.15, 0.2) is 17.3 Å². The van der Waals surface area contributed by atoms with Crippen molar-refractivity contribution < 1.29 is 19.0 Å². The highest BCUT2D eigenvalue weighted by atomic mass is 19.1. The third-order valence-corrected chi connectivity index (χ3v) is 5.63. The van der Waals surface area contributed by atoms with E-state index < -0.39 is 11.9 Å². The Morgan fingerprint density at radius 3 is 2.90 bits per heavy atom. The molecule has 154 valence electrons. The number of halogens is 1. The van der Waals surface area contributed by atoms with Gasteiger partial charge in [0.1, 0.15) is 5.52 Å². The second-order valence-corrected chi connectivity index (χ2v) is 7.74. The Balaban J connectivity index is 1.55. The zero-order chi connectivity index (χ0) is 21.0. The lowest BCUT2D eigenvalue weighted by atomic mass is 10.1. The number of rotatable bonds is 3. The van der Waals surface area contributed by atoms with Gasteiger partial charge in [-0.05, 0) is 44.0 Å². The summed E-state index contributed by atoms with van der Waals surface area (Å²) >= 11 is 0. The molecule has 0 spiro atoms. The third-order valence-electron chi connectivity index (χ3n) is 5.63. The first-order valence-corrected chi connectivity index (χ1v) is 9.82. The Kier molecular flexibility index (Phi) is 4.25. The van der Waals surface area contributed by atoms with Crippen molar-refractivity contribution in [3.63, 3.8) is 0 Å². The van der Waals surface area contributed by atoms with E-state index in [0.717, 1.165) is 5.69 Å². The van der Waals surface area contributed by atoms with Crippen molar-refractivity contribution >= 4 is 22.3 Å². The molecule has 0 unspecified atom stereocenters. The van der Waals surface area contributed by atoms with Gasteiger partial charge in [0, 0.05) is 41.9 Å². The predicted molar refractivity (Wildman–Crippen MR) is 110 cm³/mol. The number of aliphatic hydroxyl groups is 1. The van der Waals surface area contributed by atoms with E-state index in [1.807, 2.05) is 13.8 Å². The number of amides is 1. The first kappa shape index (κ1) is 18.6. The molecule has 3 aromatic heterocycles. The maximum atomic E-state index is 15.0. The van der Waals surface area contributed by atoms with Crippen LogP contribution >= 0.6 is 0 Å². The quantitative estimate of drug-likeness (QED) is 0.543. The minimum atomic E-state index is -0.488. The zero-order valence-electron chi connectivity index (χ0n) is 16.6. The Bertz CT molecular complexity index is 1290. The van der Waals surface area contributed by atoms with E-state index >= 15 is 0 Å². The van der Waals surface area contributed by atoms with Gasteiger partial charge in [0.25, 0.3) is 5.91 Å². The monoisotopic (exact) mass is 408 g/mol. The van der Waals surface area contributed by atoms with Gasteiger partial charge in [-0.2, -0.15) is 5.10 Å². The van der Waals surface area contributed by atoms with Crippen molar-refractivity contribution in [1.82, 2.24) is 19.5 Å². The number of aromatic amines is 1. The van der Waals surface area contributed by atoms with Gasteiger partial charge in [-0.3, -0.25) is 4.79 Å². The number of hydrogen-bond donors (Lipinski definition) is 2. The van der Waals surface area contributed by atoms with Crippen LogP contribution in [0.3, 0.4) is 0 Å². The molecule has 4 aromatic rings. The van der Waals surface area contributed by atoms with Gasteiger partial charge in [0.2, 0.25) is 0 Å². The number of benzene rings is 1. The summed E-state index contributed by atoms with van der Waals surface area (Å²) in [6.07, 6.45) is 3.29. The summed E-state index contributed by atoms with van der Waals surface area (Å²) in [4.78, 5) is 17.7. The smallest absolute Gasteiger partial charge is 0.255 e. The summed E-state index contributed by atoms with van der Waals surface area (Å²) in [5.41, 5.74) is 3.36. The molecule has 1 aromatic carbocycles. The lowest BCUT2D eigenvalue weighted by Gasteiger charge is -2.15. The Morgan fingerprint density at radius 2 is 2.13 bits per heavy atom. The summed E-state index contributed by atoms with van der Waals surface area (Å²) in [7, 11) is 0. The van der Waals surface area contributed by atoms with Gasteiger partial charge in [-0.1, -0.05) is 0 Å². The molecule has 8 heteroatoms. The van der Waals surface area contributed by atoms with E-state index in [2.05, 4.69) is 10.1 Å². The number of aliphatic hydroxyl groups excluding tert-OH is 1. The van der Waals surface area contributed by atoms with E-state index in [0.29, 0.717) is 52.8 Å². The lowest BCUT2D eigenvalue weighted by Crippen LogP contribution is -2.29. The Morgan fingerprint density at radius 1 is 1.30 bits per heavy atom. The number of nitrogens with zero attached hydrogens (tertiary/aromatic N) is 3. The number of aryl methyl sites for hydroxylation is 2. The highest BCUT2D eigenvalue weighted by Crippen LogP contribution is 2.34. The minimum Gasteiger partial charge on any atom is -0.452 e. The number of nitrogens with one attached hydrogen (secondary N) is 1. The number of likely N-dealkylation sites (tertiary alicyclic amines) is 1. The first-order valence-electron chi connectivity index (χ1n) is 9.82. The number of β-amino-alcohol motifs (C(OH)–C–C–N with tert-alkyl or cyclic N) is 1. The van der Waals surface area contributed by atoms with Gasteiger partial charge >= 0.3 is 0 Å². The number of aromatic nitrogens is 3. The molecule has 4 heterocycles. The Hall–Kier alpha value is -3.39. The second kappa shape index (κ2) is 6.84. The fourth-order valence-electron chi connectivity index (χ4n) is 4.10. The average molecular weight is 408 g/mol. The van der Waals surface area contributed by atoms with Crippen LogP contribution in [0.4, 0.5) is 4.39 Å². The summed E-state index contributed by atoms with van der Waals surface area (Å²) < 4.78 is 22.5. The average Bonchev–Trinajstić information content (AvgIpc) is 3.41. The molecule has 0 aliphatic carbocycles. The number of carbonyl (C=O) groups is 1. The number of hydrogen-bond acceptors (Lipinski definition) is 4. The van der Waals surface area contributed by atoms with Crippen LogP contribution in [0.25, 0.3) is 16.4 Å². The van der Waals surface area contributed by atoms with Crippen LogP contribution in [0.2, 0.25) is 0 Å². The molecule has 1 aliphatic rings.